The Hall–Kier alpha value is -0.320. The first kappa shape index (κ1) is 19.7. The fraction of sp³-hybridized carbons (Fsp3) is 0.933. The molecule has 1 saturated heterocycles. The number of nitrogens with two attached hydrogens (primary N) is 1. The Morgan fingerprint density at radius 3 is 2.40 bits per heavy atom. The standard InChI is InChI=1S/C15H30N2O2.ClH/c1-2-19-15(18)8-6-4-3-5-7-11-17-12-9-14(16)10-13-17;/h14H,2-13,16H2,1H3;1H. The van der Waals surface area contributed by atoms with Crippen LogP contribution >= 0.6 is 12.4 Å². The number of hydrogen-bond donors (Lipinski definition) is 1. The fourth-order valence-corrected chi connectivity index (χ4v) is 2.54. The van der Waals surface area contributed by atoms with Crippen LogP contribution in [0.2, 0.25) is 0 Å². The van der Waals surface area contributed by atoms with Crippen molar-refractivity contribution < 1.29 is 9.53 Å². The monoisotopic (exact) mass is 306 g/mol. The molecule has 0 aromatic heterocycles. The maximum atomic E-state index is 11.1. The van der Waals surface area contributed by atoms with Crippen LogP contribution in [0.5, 0.6) is 0 Å². The van der Waals surface area contributed by atoms with Crippen molar-refractivity contribution in [3.63, 3.8) is 0 Å². The Balaban J connectivity index is 0.00000361. The van der Waals surface area contributed by atoms with Gasteiger partial charge in [0, 0.05) is 12.5 Å². The molecule has 1 heterocycles. The van der Waals surface area contributed by atoms with Crippen LogP contribution in [0, 0.1) is 0 Å². The topological polar surface area (TPSA) is 55.6 Å². The molecule has 1 rings (SSSR count). The van der Waals surface area contributed by atoms with Gasteiger partial charge in [-0.15, -0.1) is 12.4 Å². The quantitative estimate of drug-likeness (QED) is 0.526. The second-order valence-electron chi connectivity index (χ2n) is 5.50. The first-order valence-electron chi connectivity index (χ1n) is 7.86. The Labute approximate surface area is 129 Å². The van der Waals surface area contributed by atoms with Crippen LogP contribution in [0.1, 0.15) is 58.3 Å². The van der Waals surface area contributed by atoms with Gasteiger partial charge in [-0.3, -0.25) is 4.79 Å². The number of hydrogen-bond acceptors (Lipinski definition) is 4. The molecular formula is C15H31ClN2O2. The van der Waals surface area contributed by atoms with E-state index in [1.807, 2.05) is 6.92 Å². The summed E-state index contributed by atoms with van der Waals surface area (Å²) in [5.41, 5.74) is 5.89. The summed E-state index contributed by atoms with van der Waals surface area (Å²) >= 11 is 0. The largest absolute Gasteiger partial charge is 0.466 e. The van der Waals surface area contributed by atoms with Crippen LogP contribution in [-0.4, -0.2) is 43.2 Å². The number of esters is 1. The molecule has 1 aliphatic rings. The van der Waals surface area contributed by atoms with Crippen molar-refractivity contribution in [2.45, 2.75) is 64.3 Å². The fourth-order valence-electron chi connectivity index (χ4n) is 2.54. The van der Waals surface area contributed by atoms with Crippen LogP contribution in [0.3, 0.4) is 0 Å². The number of carbonyl (C=O) groups is 1. The van der Waals surface area contributed by atoms with Crippen LogP contribution in [-0.2, 0) is 9.53 Å². The second kappa shape index (κ2) is 12.4. The predicted molar refractivity (Wildman–Crippen MR) is 85.2 cm³/mol. The van der Waals surface area contributed by atoms with Gasteiger partial charge in [-0.05, 0) is 52.2 Å². The molecule has 0 spiro atoms. The van der Waals surface area contributed by atoms with E-state index in [1.165, 1.54) is 38.9 Å². The summed E-state index contributed by atoms with van der Waals surface area (Å²) in [5, 5.41) is 0. The number of nitrogens with zero attached hydrogens (tertiary/aromatic N) is 1. The summed E-state index contributed by atoms with van der Waals surface area (Å²) in [6, 6.07) is 0.430. The van der Waals surface area contributed by atoms with Crippen LogP contribution in [0.15, 0.2) is 0 Å². The molecule has 2 N–H and O–H groups in total. The van der Waals surface area contributed by atoms with Crippen molar-refractivity contribution in [1.82, 2.24) is 4.90 Å². The lowest BCUT2D eigenvalue weighted by molar-refractivity contribution is -0.143. The van der Waals surface area contributed by atoms with Gasteiger partial charge in [0.15, 0.2) is 0 Å². The highest BCUT2D eigenvalue weighted by molar-refractivity contribution is 5.85. The highest BCUT2D eigenvalue weighted by Crippen LogP contribution is 2.11. The van der Waals surface area contributed by atoms with Gasteiger partial charge < -0.3 is 15.4 Å². The smallest absolute Gasteiger partial charge is 0.305 e. The minimum Gasteiger partial charge on any atom is -0.466 e. The number of likely N-dealkylation sites (tertiary alicyclic amines) is 1. The van der Waals surface area contributed by atoms with Crippen molar-refractivity contribution in [3.8, 4) is 0 Å². The summed E-state index contributed by atoms with van der Waals surface area (Å²) < 4.78 is 4.90. The summed E-state index contributed by atoms with van der Waals surface area (Å²) in [7, 11) is 0. The lowest BCUT2D eigenvalue weighted by Gasteiger charge is -2.29. The number of piperidine rings is 1. The van der Waals surface area contributed by atoms with Crippen molar-refractivity contribution in [1.29, 1.82) is 0 Å². The van der Waals surface area contributed by atoms with E-state index in [-0.39, 0.29) is 18.4 Å². The first-order valence-corrected chi connectivity index (χ1v) is 7.86. The first-order chi connectivity index (χ1) is 9.22. The van der Waals surface area contributed by atoms with E-state index in [9.17, 15) is 4.79 Å². The van der Waals surface area contributed by atoms with Gasteiger partial charge in [0.2, 0.25) is 0 Å². The molecule has 0 aliphatic carbocycles. The molecule has 120 valence electrons. The minimum atomic E-state index is -0.0489. The molecule has 0 aromatic carbocycles. The maximum absolute atomic E-state index is 11.1. The van der Waals surface area contributed by atoms with Gasteiger partial charge in [-0.25, -0.2) is 0 Å². The number of ether oxygens (including phenoxy) is 1. The van der Waals surface area contributed by atoms with Crippen molar-refractivity contribution in [3.05, 3.63) is 0 Å². The lowest BCUT2D eigenvalue weighted by Crippen LogP contribution is -2.39. The molecule has 20 heavy (non-hydrogen) atoms. The van der Waals surface area contributed by atoms with E-state index in [0.29, 0.717) is 19.1 Å². The average molecular weight is 307 g/mol. The molecule has 1 fully saturated rings. The SMILES string of the molecule is CCOC(=O)CCCCCCCN1CCC(N)CC1.Cl. The molecule has 1 aliphatic heterocycles. The van der Waals surface area contributed by atoms with Crippen molar-refractivity contribution >= 4 is 18.4 Å². The van der Waals surface area contributed by atoms with Crippen molar-refractivity contribution in [2.75, 3.05) is 26.2 Å². The Morgan fingerprint density at radius 2 is 1.75 bits per heavy atom. The molecule has 0 radical (unpaired) electrons. The zero-order valence-corrected chi connectivity index (χ0v) is 13.6. The zero-order valence-electron chi connectivity index (χ0n) is 12.8. The van der Waals surface area contributed by atoms with E-state index < -0.39 is 0 Å². The molecular weight excluding hydrogens is 276 g/mol. The molecule has 0 aromatic rings. The predicted octanol–water partition coefficient (Wildman–Crippen LogP) is 2.74. The van der Waals surface area contributed by atoms with E-state index in [2.05, 4.69) is 4.90 Å². The van der Waals surface area contributed by atoms with E-state index in [1.54, 1.807) is 0 Å². The Kier molecular flexibility index (Phi) is 12.2. The Bertz CT molecular complexity index is 244. The van der Waals surface area contributed by atoms with Gasteiger partial charge in [0.05, 0.1) is 6.61 Å². The van der Waals surface area contributed by atoms with Crippen LogP contribution < -0.4 is 5.73 Å². The van der Waals surface area contributed by atoms with E-state index in [4.69, 9.17) is 10.5 Å². The number of halogens is 1. The van der Waals surface area contributed by atoms with Crippen LogP contribution in [0.4, 0.5) is 0 Å². The Morgan fingerprint density at radius 1 is 1.15 bits per heavy atom. The van der Waals surface area contributed by atoms with Gasteiger partial charge in [-0.2, -0.15) is 0 Å². The van der Waals surface area contributed by atoms with Gasteiger partial charge >= 0.3 is 5.97 Å². The second-order valence-corrected chi connectivity index (χ2v) is 5.50. The van der Waals surface area contributed by atoms with E-state index in [0.717, 1.165) is 25.7 Å². The summed E-state index contributed by atoms with van der Waals surface area (Å²) in [6.45, 7) is 5.91. The summed E-state index contributed by atoms with van der Waals surface area (Å²) in [5.74, 6) is -0.0489. The third-order valence-corrected chi connectivity index (χ3v) is 3.79. The molecule has 0 amide bonds. The molecule has 0 unspecified atom stereocenters. The lowest BCUT2D eigenvalue weighted by atomic mass is 10.1. The van der Waals surface area contributed by atoms with Crippen molar-refractivity contribution in [2.24, 2.45) is 5.73 Å². The molecule has 4 nitrogen and oxygen atoms in total. The van der Waals surface area contributed by atoms with Gasteiger partial charge in [-0.1, -0.05) is 19.3 Å². The van der Waals surface area contributed by atoms with Gasteiger partial charge in [0.1, 0.15) is 0 Å². The van der Waals surface area contributed by atoms with E-state index >= 15 is 0 Å². The third-order valence-electron chi connectivity index (χ3n) is 3.79. The van der Waals surface area contributed by atoms with Gasteiger partial charge in [0.25, 0.3) is 0 Å². The highest BCUT2D eigenvalue weighted by atomic mass is 35.5. The maximum Gasteiger partial charge on any atom is 0.305 e. The minimum absolute atomic E-state index is 0. The summed E-state index contributed by atoms with van der Waals surface area (Å²) in [4.78, 5) is 13.7. The summed E-state index contributed by atoms with van der Waals surface area (Å²) in [6.07, 6.45) is 8.77. The molecule has 0 bridgehead atoms. The number of carbonyl (C=O) groups excluding carboxylic acids is 1. The highest BCUT2D eigenvalue weighted by Gasteiger charge is 2.14. The number of unbranched alkanes of at least 4 members (excludes halogenated alkanes) is 4. The third kappa shape index (κ3) is 9.56. The normalized spacial score (nSPS) is 16.7. The number of rotatable bonds is 9. The average Bonchev–Trinajstić information content (AvgIpc) is 2.40. The molecule has 0 atom stereocenters. The molecule has 0 saturated carbocycles. The molecule has 5 heteroatoms. The van der Waals surface area contributed by atoms with Crippen LogP contribution in [0.25, 0.3) is 0 Å². The zero-order chi connectivity index (χ0) is 13.9.